The standard InChI is InChI=1S/C15H20N2/c1-17(13-5-3-2-4-6-13)14-7-8-15-12(11-14)9-10-16-15/h7-11,13,16H,2-6H2,1H3. The smallest absolute Gasteiger partial charge is 0.0455 e. The zero-order chi connectivity index (χ0) is 11.7. The summed E-state index contributed by atoms with van der Waals surface area (Å²) in [6, 6.07) is 9.59. The van der Waals surface area contributed by atoms with Crippen LogP contribution in [0.4, 0.5) is 5.69 Å². The fourth-order valence-corrected chi connectivity index (χ4v) is 2.94. The molecule has 0 bridgehead atoms. The summed E-state index contributed by atoms with van der Waals surface area (Å²) in [7, 11) is 2.24. The monoisotopic (exact) mass is 228 g/mol. The van der Waals surface area contributed by atoms with Crippen molar-refractivity contribution in [3.8, 4) is 0 Å². The Kier molecular flexibility index (Phi) is 2.79. The van der Waals surface area contributed by atoms with Crippen LogP contribution in [0.15, 0.2) is 30.5 Å². The number of fused-ring (bicyclic) bond motifs is 1. The molecular formula is C15H20N2. The van der Waals surface area contributed by atoms with Crippen molar-refractivity contribution in [1.82, 2.24) is 4.98 Å². The normalized spacial score (nSPS) is 17.5. The number of nitrogens with one attached hydrogen (secondary N) is 1. The second-order valence-electron chi connectivity index (χ2n) is 5.15. The van der Waals surface area contributed by atoms with E-state index in [-0.39, 0.29) is 0 Å². The van der Waals surface area contributed by atoms with Crippen LogP contribution in [-0.4, -0.2) is 18.1 Å². The minimum atomic E-state index is 0.736. The van der Waals surface area contributed by atoms with Gasteiger partial charge in [0.05, 0.1) is 0 Å². The first-order valence-corrected chi connectivity index (χ1v) is 6.64. The Morgan fingerprint density at radius 1 is 1.12 bits per heavy atom. The third kappa shape index (κ3) is 2.04. The van der Waals surface area contributed by atoms with Gasteiger partial charge in [0.2, 0.25) is 0 Å². The number of nitrogens with zero attached hydrogens (tertiary/aromatic N) is 1. The third-order valence-electron chi connectivity index (χ3n) is 4.07. The Bertz CT molecular complexity index is 494. The molecule has 0 aliphatic heterocycles. The molecule has 0 atom stereocenters. The Labute approximate surface area is 103 Å². The fourth-order valence-electron chi connectivity index (χ4n) is 2.94. The summed E-state index contributed by atoms with van der Waals surface area (Å²) >= 11 is 0. The predicted molar refractivity (Wildman–Crippen MR) is 73.6 cm³/mol. The lowest BCUT2D eigenvalue weighted by Crippen LogP contribution is -2.33. The number of rotatable bonds is 2. The lowest BCUT2D eigenvalue weighted by atomic mass is 9.94. The molecule has 1 aliphatic rings. The highest BCUT2D eigenvalue weighted by atomic mass is 15.1. The Hall–Kier alpha value is -1.44. The largest absolute Gasteiger partial charge is 0.372 e. The van der Waals surface area contributed by atoms with Gasteiger partial charge in [0, 0.05) is 35.9 Å². The number of H-pyrrole nitrogens is 1. The van der Waals surface area contributed by atoms with E-state index in [1.165, 1.54) is 48.7 Å². The molecule has 0 unspecified atom stereocenters. The van der Waals surface area contributed by atoms with E-state index in [0.29, 0.717) is 0 Å². The molecule has 1 fully saturated rings. The van der Waals surface area contributed by atoms with Crippen LogP contribution in [0, 0.1) is 0 Å². The first kappa shape index (κ1) is 10.7. The Morgan fingerprint density at radius 3 is 2.76 bits per heavy atom. The molecule has 17 heavy (non-hydrogen) atoms. The lowest BCUT2D eigenvalue weighted by Gasteiger charge is -2.33. The van der Waals surface area contributed by atoms with Crippen LogP contribution < -0.4 is 4.90 Å². The van der Waals surface area contributed by atoms with Crippen LogP contribution >= 0.6 is 0 Å². The minimum Gasteiger partial charge on any atom is -0.372 e. The highest BCUT2D eigenvalue weighted by Gasteiger charge is 2.18. The van der Waals surface area contributed by atoms with E-state index in [2.05, 4.69) is 41.2 Å². The fraction of sp³-hybridized carbons (Fsp3) is 0.467. The van der Waals surface area contributed by atoms with E-state index >= 15 is 0 Å². The first-order valence-electron chi connectivity index (χ1n) is 6.64. The number of hydrogen-bond donors (Lipinski definition) is 1. The van der Waals surface area contributed by atoms with Crippen molar-refractivity contribution >= 4 is 16.6 Å². The van der Waals surface area contributed by atoms with Crippen molar-refractivity contribution in [2.75, 3.05) is 11.9 Å². The molecule has 0 radical (unpaired) electrons. The summed E-state index contributed by atoms with van der Waals surface area (Å²) in [6.07, 6.45) is 8.91. The van der Waals surface area contributed by atoms with Gasteiger partial charge < -0.3 is 9.88 Å². The molecule has 2 heteroatoms. The summed E-state index contributed by atoms with van der Waals surface area (Å²) < 4.78 is 0. The second kappa shape index (κ2) is 4.44. The van der Waals surface area contributed by atoms with Gasteiger partial charge in [-0.15, -0.1) is 0 Å². The molecule has 0 amide bonds. The molecule has 1 aliphatic carbocycles. The van der Waals surface area contributed by atoms with Crippen molar-refractivity contribution in [2.45, 2.75) is 38.1 Å². The van der Waals surface area contributed by atoms with E-state index < -0.39 is 0 Å². The number of benzene rings is 1. The number of aromatic amines is 1. The molecule has 0 saturated heterocycles. The quantitative estimate of drug-likeness (QED) is 0.825. The first-order chi connectivity index (χ1) is 8.34. The third-order valence-corrected chi connectivity index (χ3v) is 4.07. The average Bonchev–Trinajstić information content (AvgIpc) is 2.86. The minimum absolute atomic E-state index is 0.736. The summed E-state index contributed by atoms with van der Waals surface area (Å²) in [5.74, 6) is 0. The maximum Gasteiger partial charge on any atom is 0.0455 e. The number of anilines is 1. The number of hydrogen-bond acceptors (Lipinski definition) is 1. The van der Waals surface area contributed by atoms with Crippen molar-refractivity contribution in [3.05, 3.63) is 30.5 Å². The molecule has 1 N–H and O–H groups in total. The van der Waals surface area contributed by atoms with Crippen LogP contribution in [0.5, 0.6) is 0 Å². The molecule has 2 aromatic rings. The lowest BCUT2D eigenvalue weighted by molar-refractivity contribution is 0.427. The van der Waals surface area contributed by atoms with Crippen LogP contribution in [0.25, 0.3) is 10.9 Å². The van der Waals surface area contributed by atoms with Gasteiger partial charge in [-0.1, -0.05) is 19.3 Å². The predicted octanol–water partition coefficient (Wildman–Crippen LogP) is 3.94. The van der Waals surface area contributed by atoms with Crippen molar-refractivity contribution < 1.29 is 0 Å². The summed E-state index contributed by atoms with van der Waals surface area (Å²) in [5.41, 5.74) is 2.58. The van der Waals surface area contributed by atoms with Gasteiger partial charge in [-0.3, -0.25) is 0 Å². The zero-order valence-electron chi connectivity index (χ0n) is 10.4. The van der Waals surface area contributed by atoms with E-state index in [9.17, 15) is 0 Å². The molecular weight excluding hydrogens is 208 g/mol. The molecule has 3 rings (SSSR count). The maximum atomic E-state index is 3.25. The van der Waals surface area contributed by atoms with E-state index in [1.54, 1.807) is 0 Å². The zero-order valence-corrected chi connectivity index (χ0v) is 10.4. The van der Waals surface area contributed by atoms with Crippen LogP contribution in [-0.2, 0) is 0 Å². The average molecular weight is 228 g/mol. The Balaban J connectivity index is 1.86. The van der Waals surface area contributed by atoms with E-state index in [0.717, 1.165) is 6.04 Å². The molecule has 1 heterocycles. The van der Waals surface area contributed by atoms with Crippen LogP contribution in [0.3, 0.4) is 0 Å². The van der Waals surface area contributed by atoms with E-state index in [1.807, 2.05) is 6.20 Å². The summed E-state index contributed by atoms with van der Waals surface area (Å²) in [5, 5.41) is 1.31. The second-order valence-corrected chi connectivity index (χ2v) is 5.15. The highest BCUT2D eigenvalue weighted by molar-refractivity contribution is 5.83. The maximum absolute atomic E-state index is 3.25. The van der Waals surface area contributed by atoms with Gasteiger partial charge in [-0.2, -0.15) is 0 Å². The van der Waals surface area contributed by atoms with Crippen molar-refractivity contribution in [3.63, 3.8) is 0 Å². The molecule has 90 valence electrons. The van der Waals surface area contributed by atoms with Gasteiger partial charge in [0.1, 0.15) is 0 Å². The molecule has 0 spiro atoms. The Morgan fingerprint density at radius 2 is 1.94 bits per heavy atom. The molecule has 1 saturated carbocycles. The van der Waals surface area contributed by atoms with Crippen molar-refractivity contribution in [2.24, 2.45) is 0 Å². The van der Waals surface area contributed by atoms with Gasteiger partial charge in [0.15, 0.2) is 0 Å². The highest BCUT2D eigenvalue weighted by Crippen LogP contribution is 2.27. The van der Waals surface area contributed by atoms with Crippen LogP contribution in [0.1, 0.15) is 32.1 Å². The van der Waals surface area contributed by atoms with Crippen molar-refractivity contribution in [1.29, 1.82) is 0 Å². The van der Waals surface area contributed by atoms with Gasteiger partial charge in [-0.05, 0) is 37.1 Å². The SMILES string of the molecule is CN(c1ccc2[nH]ccc2c1)C1CCCCC1. The van der Waals surface area contributed by atoms with Gasteiger partial charge >= 0.3 is 0 Å². The summed E-state index contributed by atoms with van der Waals surface area (Å²) in [6.45, 7) is 0. The van der Waals surface area contributed by atoms with Crippen LogP contribution in [0.2, 0.25) is 0 Å². The van der Waals surface area contributed by atoms with Gasteiger partial charge in [0.25, 0.3) is 0 Å². The van der Waals surface area contributed by atoms with Gasteiger partial charge in [-0.25, -0.2) is 0 Å². The van der Waals surface area contributed by atoms with E-state index in [4.69, 9.17) is 0 Å². The topological polar surface area (TPSA) is 19.0 Å². The molecule has 1 aromatic heterocycles. The molecule has 2 nitrogen and oxygen atoms in total. The molecule has 1 aromatic carbocycles. The summed E-state index contributed by atoms with van der Waals surface area (Å²) in [4.78, 5) is 5.71. The number of aromatic nitrogens is 1.